The number of carbonyl (C=O) groups excluding carboxylic acids is 1. The maximum Gasteiger partial charge on any atom is 0.224 e. The highest BCUT2D eigenvalue weighted by Gasteiger charge is 2.33. The summed E-state index contributed by atoms with van der Waals surface area (Å²) in [5.74, 6) is 0.760. The molecule has 27 heavy (non-hydrogen) atoms. The van der Waals surface area contributed by atoms with Crippen molar-refractivity contribution in [3.63, 3.8) is 0 Å². The van der Waals surface area contributed by atoms with Gasteiger partial charge in [0.1, 0.15) is 11.4 Å². The number of ether oxygens (including phenoxy) is 1. The van der Waals surface area contributed by atoms with E-state index in [1.807, 2.05) is 53.2 Å². The molecule has 2 N–H and O–H groups in total. The van der Waals surface area contributed by atoms with E-state index < -0.39 is 5.60 Å². The van der Waals surface area contributed by atoms with Crippen molar-refractivity contribution >= 4 is 11.6 Å². The number of aliphatic hydroxyl groups is 1. The minimum absolute atomic E-state index is 0.0269. The van der Waals surface area contributed by atoms with Gasteiger partial charge >= 0.3 is 0 Å². The Bertz CT molecular complexity index is 951. The van der Waals surface area contributed by atoms with E-state index in [1.165, 1.54) is 0 Å². The van der Waals surface area contributed by atoms with Crippen molar-refractivity contribution in [3.8, 4) is 5.75 Å². The van der Waals surface area contributed by atoms with E-state index in [9.17, 15) is 9.90 Å². The van der Waals surface area contributed by atoms with E-state index in [-0.39, 0.29) is 5.91 Å². The fourth-order valence-corrected chi connectivity index (χ4v) is 3.50. The van der Waals surface area contributed by atoms with Crippen LogP contribution in [0.1, 0.15) is 23.1 Å². The Morgan fingerprint density at radius 3 is 2.67 bits per heavy atom. The highest BCUT2D eigenvalue weighted by Crippen LogP contribution is 2.35. The van der Waals surface area contributed by atoms with E-state index in [0.717, 1.165) is 28.1 Å². The first-order chi connectivity index (χ1) is 13.1. The summed E-state index contributed by atoms with van der Waals surface area (Å²) in [7, 11) is 1.62. The second-order valence-electron chi connectivity index (χ2n) is 6.74. The maximum atomic E-state index is 11.8. The molecule has 1 aliphatic heterocycles. The number of aryl methyl sites for hydroxylation is 1. The number of benzene rings is 2. The molecule has 4 rings (SSSR count). The van der Waals surface area contributed by atoms with Gasteiger partial charge in [0.2, 0.25) is 5.91 Å². The summed E-state index contributed by atoms with van der Waals surface area (Å²) in [5.41, 5.74) is 2.14. The van der Waals surface area contributed by atoms with Crippen molar-refractivity contribution in [1.29, 1.82) is 0 Å². The fourth-order valence-electron chi connectivity index (χ4n) is 3.50. The van der Waals surface area contributed by atoms with Crippen molar-refractivity contribution < 1.29 is 14.6 Å². The third kappa shape index (κ3) is 3.31. The second-order valence-corrected chi connectivity index (χ2v) is 6.74. The van der Waals surface area contributed by atoms with E-state index >= 15 is 0 Å². The summed E-state index contributed by atoms with van der Waals surface area (Å²) < 4.78 is 7.09. The van der Waals surface area contributed by atoms with Crippen LogP contribution < -0.4 is 10.1 Å². The van der Waals surface area contributed by atoms with Crippen molar-refractivity contribution in [3.05, 3.63) is 77.9 Å². The average Bonchev–Trinajstić information content (AvgIpc) is 3.20. The van der Waals surface area contributed by atoms with Crippen molar-refractivity contribution in [2.24, 2.45) is 0 Å². The van der Waals surface area contributed by atoms with Gasteiger partial charge in [-0.1, -0.05) is 24.3 Å². The molecule has 3 aromatic rings. The number of carbonyl (C=O) groups is 1. The highest BCUT2D eigenvalue weighted by atomic mass is 16.5. The van der Waals surface area contributed by atoms with E-state index in [0.29, 0.717) is 19.4 Å². The van der Waals surface area contributed by atoms with Crippen molar-refractivity contribution in [1.82, 2.24) is 9.55 Å². The number of methoxy groups -OCH3 is 1. The van der Waals surface area contributed by atoms with Gasteiger partial charge in [-0.25, -0.2) is 4.98 Å². The first-order valence-corrected chi connectivity index (χ1v) is 8.84. The smallest absolute Gasteiger partial charge is 0.224 e. The molecular formula is C21H21N3O3. The molecule has 1 unspecified atom stereocenters. The van der Waals surface area contributed by atoms with Crippen LogP contribution in [0, 0.1) is 0 Å². The van der Waals surface area contributed by atoms with Crippen LogP contribution in [-0.4, -0.2) is 27.7 Å². The lowest BCUT2D eigenvalue weighted by molar-refractivity contribution is -0.116. The molecule has 0 saturated heterocycles. The molecule has 0 radical (unpaired) electrons. The van der Waals surface area contributed by atoms with Crippen LogP contribution in [0.2, 0.25) is 0 Å². The number of hydrogen-bond acceptors (Lipinski definition) is 4. The summed E-state index contributed by atoms with van der Waals surface area (Å²) in [6.07, 6.45) is 6.33. The van der Waals surface area contributed by atoms with E-state index in [2.05, 4.69) is 10.3 Å². The third-order valence-corrected chi connectivity index (χ3v) is 5.02. The molecule has 0 aliphatic carbocycles. The number of rotatable bonds is 5. The zero-order chi connectivity index (χ0) is 18.9. The Morgan fingerprint density at radius 2 is 1.96 bits per heavy atom. The number of nitrogens with zero attached hydrogens (tertiary/aromatic N) is 2. The third-order valence-electron chi connectivity index (χ3n) is 5.02. The molecular weight excluding hydrogens is 342 g/mol. The summed E-state index contributed by atoms with van der Waals surface area (Å²) in [6.45, 7) is 0.324. The Hall–Kier alpha value is -3.12. The number of nitrogens with one attached hydrogen (secondary N) is 1. The molecule has 2 aromatic carbocycles. The van der Waals surface area contributed by atoms with E-state index in [4.69, 9.17) is 4.74 Å². The molecule has 6 heteroatoms. The van der Waals surface area contributed by atoms with Crippen molar-refractivity contribution in [2.45, 2.75) is 25.0 Å². The van der Waals surface area contributed by atoms with Crippen LogP contribution in [0.5, 0.6) is 5.75 Å². The second kappa shape index (κ2) is 6.89. The number of imidazole rings is 1. The number of amides is 1. The Kier molecular flexibility index (Phi) is 4.41. The standard InChI is InChI=1S/C21H21N3O3/c1-27-18-6-3-16(4-7-18)21(26,13-24-11-10-22-14-24)17-5-8-19-15(12-17)2-9-20(25)23-19/h3-8,10-12,14,26H,2,9,13H2,1H3,(H,23,25). The summed E-state index contributed by atoms with van der Waals surface area (Å²) >= 11 is 0. The molecule has 0 bridgehead atoms. The monoisotopic (exact) mass is 363 g/mol. The van der Waals surface area contributed by atoms with Crippen molar-refractivity contribution in [2.75, 3.05) is 12.4 Å². The van der Waals surface area contributed by atoms with Crippen LogP contribution in [-0.2, 0) is 23.4 Å². The highest BCUT2D eigenvalue weighted by molar-refractivity contribution is 5.93. The quantitative estimate of drug-likeness (QED) is 0.731. The minimum atomic E-state index is -1.25. The topological polar surface area (TPSA) is 76.4 Å². The van der Waals surface area contributed by atoms with E-state index in [1.54, 1.807) is 19.6 Å². The fraction of sp³-hybridized carbons (Fsp3) is 0.238. The van der Waals surface area contributed by atoms with Gasteiger partial charge in [0, 0.05) is 24.5 Å². The van der Waals surface area contributed by atoms with Crippen LogP contribution in [0.15, 0.2) is 61.2 Å². The van der Waals surface area contributed by atoms with Crippen LogP contribution in [0.25, 0.3) is 0 Å². The first-order valence-electron chi connectivity index (χ1n) is 8.84. The molecule has 1 atom stereocenters. The van der Waals surface area contributed by atoms with Gasteiger partial charge in [-0.15, -0.1) is 0 Å². The molecule has 1 aliphatic rings. The molecule has 6 nitrogen and oxygen atoms in total. The number of hydrogen-bond donors (Lipinski definition) is 2. The summed E-state index contributed by atoms with van der Waals surface area (Å²) in [4.78, 5) is 15.7. The number of aromatic nitrogens is 2. The lowest BCUT2D eigenvalue weighted by atomic mass is 9.84. The number of anilines is 1. The predicted molar refractivity (Wildman–Crippen MR) is 102 cm³/mol. The van der Waals surface area contributed by atoms with Crippen LogP contribution in [0.3, 0.4) is 0 Å². The van der Waals surface area contributed by atoms with Crippen LogP contribution in [0.4, 0.5) is 5.69 Å². The largest absolute Gasteiger partial charge is 0.497 e. The SMILES string of the molecule is COc1ccc(C(O)(Cn2ccnc2)c2ccc3c(c2)CCC(=O)N3)cc1. The first kappa shape index (κ1) is 17.3. The maximum absolute atomic E-state index is 11.8. The molecule has 1 amide bonds. The zero-order valence-electron chi connectivity index (χ0n) is 15.1. The average molecular weight is 363 g/mol. The van der Waals surface area contributed by atoms with Gasteiger partial charge in [-0.2, -0.15) is 0 Å². The van der Waals surface area contributed by atoms with Gasteiger partial charge in [0.25, 0.3) is 0 Å². The summed E-state index contributed by atoms with van der Waals surface area (Å²) in [6, 6.07) is 13.1. The molecule has 138 valence electrons. The Morgan fingerprint density at radius 1 is 1.19 bits per heavy atom. The molecule has 0 spiro atoms. The molecule has 1 aromatic heterocycles. The lowest BCUT2D eigenvalue weighted by Crippen LogP contribution is -2.33. The van der Waals surface area contributed by atoms with Gasteiger partial charge < -0.3 is 19.7 Å². The Labute approximate surface area is 157 Å². The molecule has 2 heterocycles. The molecule has 0 fully saturated rings. The van der Waals surface area contributed by atoms with Crippen LogP contribution >= 0.6 is 0 Å². The minimum Gasteiger partial charge on any atom is -0.497 e. The van der Waals surface area contributed by atoms with Gasteiger partial charge in [-0.05, 0) is 41.3 Å². The van der Waals surface area contributed by atoms with Gasteiger partial charge in [0.05, 0.1) is 20.0 Å². The number of fused-ring (bicyclic) bond motifs is 1. The lowest BCUT2D eigenvalue weighted by Gasteiger charge is -2.31. The summed E-state index contributed by atoms with van der Waals surface area (Å²) in [5, 5.41) is 14.7. The van der Waals surface area contributed by atoms with Gasteiger partial charge in [-0.3, -0.25) is 4.79 Å². The zero-order valence-corrected chi connectivity index (χ0v) is 15.1. The Balaban J connectivity index is 1.78. The van der Waals surface area contributed by atoms with Gasteiger partial charge in [0.15, 0.2) is 0 Å². The normalized spacial score (nSPS) is 15.6. The predicted octanol–water partition coefficient (Wildman–Crippen LogP) is 2.71. The molecule has 0 saturated carbocycles.